The maximum absolute atomic E-state index is 13.2. The summed E-state index contributed by atoms with van der Waals surface area (Å²) in [6.45, 7) is 2.87. The highest BCUT2D eigenvalue weighted by Gasteiger charge is 2.50. The van der Waals surface area contributed by atoms with Crippen molar-refractivity contribution in [2.24, 2.45) is 0 Å². The summed E-state index contributed by atoms with van der Waals surface area (Å²) in [5.74, 6) is 0.112. The van der Waals surface area contributed by atoms with E-state index in [0.717, 1.165) is 12.1 Å². The van der Waals surface area contributed by atoms with Crippen LogP contribution in [0.25, 0.3) is 0 Å². The number of rotatable bonds is 3. The molecule has 0 unspecified atom stereocenters. The molecule has 1 aromatic rings. The van der Waals surface area contributed by atoms with Gasteiger partial charge in [-0.2, -0.15) is 0 Å². The lowest BCUT2D eigenvalue weighted by Crippen LogP contribution is -2.67. The van der Waals surface area contributed by atoms with Crippen molar-refractivity contribution in [2.45, 2.75) is 24.9 Å². The average Bonchev–Trinajstić information content (AvgIpc) is 2.56. The largest absolute Gasteiger partial charge is 0.335 e. The third kappa shape index (κ3) is 3.18. The lowest BCUT2D eigenvalue weighted by Gasteiger charge is -2.51. The molecule has 2 aliphatic rings. The van der Waals surface area contributed by atoms with Crippen LogP contribution in [0.15, 0.2) is 24.5 Å². The van der Waals surface area contributed by atoms with Gasteiger partial charge in [0.1, 0.15) is 5.54 Å². The number of sulfonamides is 1. The fourth-order valence-electron chi connectivity index (χ4n) is 3.69. The Morgan fingerprint density at radius 1 is 1.12 bits per heavy atom. The zero-order valence-electron chi connectivity index (χ0n) is 14.2. The number of piperazine rings is 1. The summed E-state index contributed by atoms with van der Waals surface area (Å²) in [6, 6.07) is 3.84. The molecule has 0 radical (unpaired) electrons. The Kier molecular flexibility index (Phi) is 4.63. The number of likely N-dealkylation sites (N-methyl/N-ethyl adjacent to an activating group) is 1. The van der Waals surface area contributed by atoms with E-state index in [0.29, 0.717) is 39.0 Å². The Balaban J connectivity index is 1.76. The zero-order chi connectivity index (χ0) is 17.4. The van der Waals surface area contributed by atoms with Gasteiger partial charge >= 0.3 is 0 Å². The molecule has 8 heteroatoms. The standard InChI is InChI=1S/C16H24N4O3S/c1-18-11-12-19(13-14-3-7-17-8-4-14)15(21)16(18)5-9-20(10-6-16)24(2,22)23/h3-4,7-8H,5-6,9-13H2,1-2H3. The van der Waals surface area contributed by atoms with Crippen LogP contribution in [0.3, 0.4) is 0 Å². The highest BCUT2D eigenvalue weighted by atomic mass is 32.2. The molecule has 1 amide bonds. The smallest absolute Gasteiger partial charge is 0.243 e. The van der Waals surface area contributed by atoms with E-state index in [1.54, 1.807) is 12.4 Å². The van der Waals surface area contributed by atoms with Crippen molar-refractivity contribution in [1.82, 2.24) is 19.1 Å². The SMILES string of the molecule is CN1CCN(Cc2ccncc2)C(=O)C12CCN(S(C)(=O)=O)CC2. The Hall–Kier alpha value is -1.51. The first-order valence-electron chi connectivity index (χ1n) is 8.17. The number of pyridine rings is 1. The van der Waals surface area contributed by atoms with Gasteiger partial charge in [0, 0.05) is 45.1 Å². The second kappa shape index (κ2) is 6.42. The van der Waals surface area contributed by atoms with Crippen LogP contribution >= 0.6 is 0 Å². The summed E-state index contributed by atoms with van der Waals surface area (Å²) in [6.07, 6.45) is 5.78. The van der Waals surface area contributed by atoms with Crippen LogP contribution in [0.2, 0.25) is 0 Å². The molecule has 2 saturated heterocycles. The van der Waals surface area contributed by atoms with Gasteiger partial charge in [0.15, 0.2) is 0 Å². The van der Waals surface area contributed by atoms with E-state index in [9.17, 15) is 13.2 Å². The molecule has 3 heterocycles. The van der Waals surface area contributed by atoms with Crippen molar-refractivity contribution in [3.63, 3.8) is 0 Å². The summed E-state index contributed by atoms with van der Waals surface area (Å²) < 4.78 is 24.9. The minimum Gasteiger partial charge on any atom is -0.335 e. The van der Waals surface area contributed by atoms with E-state index in [1.807, 2.05) is 24.1 Å². The van der Waals surface area contributed by atoms with Gasteiger partial charge < -0.3 is 4.90 Å². The van der Waals surface area contributed by atoms with Gasteiger partial charge in [-0.05, 0) is 37.6 Å². The van der Waals surface area contributed by atoms with Gasteiger partial charge in [-0.1, -0.05) is 0 Å². The second-order valence-corrected chi connectivity index (χ2v) is 8.68. The molecule has 2 aliphatic heterocycles. The lowest BCUT2D eigenvalue weighted by molar-refractivity contribution is -0.154. The minimum atomic E-state index is -3.20. The molecule has 7 nitrogen and oxygen atoms in total. The molecule has 0 bridgehead atoms. The maximum Gasteiger partial charge on any atom is 0.243 e. The minimum absolute atomic E-state index is 0.112. The zero-order valence-corrected chi connectivity index (χ0v) is 15.0. The summed E-state index contributed by atoms with van der Waals surface area (Å²) in [5.41, 5.74) is 0.485. The van der Waals surface area contributed by atoms with Gasteiger partial charge in [-0.3, -0.25) is 14.7 Å². The van der Waals surface area contributed by atoms with Crippen molar-refractivity contribution in [2.75, 3.05) is 39.5 Å². The number of amides is 1. The van der Waals surface area contributed by atoms with Crippen LogP contribution in [0.5, 0.6) is 0 Å². The van der Waals surface area contributed by atoms with Crippen LogP contribution < -0.4 is 0 Å². The van der Waals surface area contributed by atoms with Crippen molar-refractivity contribution >= 4 is 15.9 Å². The van der Waals surface area contributed by atoms with Crippen LogP contribution in [0.1, 0.15) is 18.4 Å². The van der Waals surface area contributed by atoms with Crippen LogP contribution in [-0.2, 0) is 21.4 Å². The molecule has 3 rings (SSSR count). The van der Waals surface area contributed by atoms with E-state index >= 15 is 0 Å². The quantitative estimate of drug-likeness (QED) is 0.774. The van der Waals surface area contributed by atoms with Crippen LogP contribution in [-0.4, -0.2) is 78.4 Å². The summed E-state index contributed by atoms with van der Waals surface area (Å²) in [5, 5.41) is 0. The van der Waals surface area contributed by atoms with Crippen molar-refractivity contribution in [3.8, 4) is 0 Å². The van der Waals surface area contributed by atoms with Crippen molar-refractivity contribution < 1.29 is 13.2 Å². The van der Waals surface area contributed by atoms with Gasteiger partial charge in [0.25, 0.3) is 0 Å². The Bertz CT molecular complexity index is 699. The topological polar surface area (TPSA) is 73.8 Å². The summed E-state index contributed by atoms with van der Waals surface area (Å²) in [4.78, 5) is 21.2. The Morgan fingerprint density at radius 3 is 2.33 bits per heavy atom. The average molecular weight is 352 g/mol. The van der Waals surface area contributed by atoms with E-state index in [-0.39, 0.29) is 5.91 Å². The number of hydrogen-bond donors (Lipinski definition) is 0. The monoisotopic (exact) mass is 352 g/mol. The molecule has 0 N–H and O–H groups in total. The molecule has 2 fully saturated rings. The van der Waals surface area contributed by atoms with E-state index in [1.165, 1.54) is 10.6 Å². The predicted molar refractivity (Wildman–Crippen MR) is 90.7 cm³/mol. The van der Waals surface area contributed by atoms with E-state index < -0.39 is 15.6 Å². The Labute approximate surface area is 143 Å². The molecule has 132 valence electrons. The molecule has 0 aliphatic carbocycles. The lowest BCUT2D eigenvalue weighted by atomic mass is 9.83. The predicted octanol–water partition coefficient (Wildman–Crippen LogP) is 0.150. The second-order valence-electron chi connectivity index (χ2n) is 6.70. The summed E-state index contributed by atoms with van der Waals surface area (Å²) >= 11 is 0. The molecule has 0 aromatic carbocycles. The molecule has 1 aromatic heterocycles. The molecular formula is C16H24N4O3S. The van der Waals surface area contributed by atoms with Crippen LogP contribution in [0.4, 0.5) is 0 Å². The fraction of sp³-hybridized carbons (Fsp3) is 0.625. The first-order valence-corrected chi connectivity index (χ1v) is 10.0. The third-order valence-electron chi connectivity index (χ3n) is 5.26. The van der Waals surface area contributed by atoms with Crippen molar-refractivity contribution in [3.05, 3.63) is 30.1 Å². The number of carbonyl (C=O) groups excluding carboxylic acids is 1. The number of nitrogens with zero attached hydrogens (tertiary/aromatic N) is 4. The first kappa shape index (κ1) is 17.3. The third-order valence-corrected chi connectivity index (χ3v) is 6.57. The van der Waals surface area contributed by atoms with Gasteiger partial charge in [-0.15, -0.1) is 0 Å². The van der Waals surface area contributed by atoms with E-state index in [4.69, 9.17) is 0 Å². The highest BCUT2D eigenvalue weighted by Crippen LogP contribution is 2.34. The van der Waals surface area contributed by atoms with Gasteiger partial charge in [-0.25, -0.2) is 12.7 Å². The van der Waals surface area contributed by atoms with Crippen LogP contribution in [0, 0.1) is 0 Å². The normalized spacial score (nSPS) is 22.9. The number of piperidine rings is 1. The number of carbonyl (C=O) groups is 1. The molecule has 0 saturated carbocycles. The number of aromatic nitrogens is 1. The van der Waals surface area contributed by atoms with E-state index in [2.05, 4.69) is 9.88 Å². The summed E-state index contributed by atoms with van der Waals surface area (Å²) in [7, 11) is -1.23. The Morgan fingerprint density at radius 2 is 1.75 bits per heavy atom. The molecule has 24 heavy (non-hydrogen) atoms. The van der Waals surface area contributed by atoms with Crippen molar-refractivity contribution in [1.29, 1.82) is 0 Å². The fourth-order valence-corrected chi connectivity index (χ4v) is 4.53. The maximum atomic E-state index is 13.2. The highest BCUT2D eigenvalue weighted by molar-refractivity contribution is 7.88. The molecule has 1 spiro atoms. The first-order chi connectivity index (χ1) is 11.3. The molecule has 0 atom stereocenters. The number of hydrogen-bond acceptors (Lipinski definition) is 5. The van der Waals surface area contributed by atoms with Gasteiger partial charge in [0.2, 0.25) is 15.9 Å². The molecular weight excluding hydrogens is 328 g/mol. The van der Waals surface area contributed by atoms with Gasteiger partial charge in [0.05, 0.1) is 6.26 Å².